The third kappa shape index (κ3) is 2.24. The van der Waals surface area contributed by atoms with Crippen molar-refractivity contribution in [3.63, 3.8) is 0 Å². The molecule has 0 saturated carbocycles. The summed E-state index contributed by atoms with van der Waals surface area (Å²) in [5, 5.41) is 12.1. The van der Waals surface area contributed by atoms with E-state index in [0.717, 1.165) is 17.9 Å². The quantitative estimate of drug-likeness (QED) is 0.835. The number of nitrogens with zero attached hydrogens (tertiary/aromatic N) is 1. The number of hydrogen-bond donors (Lipinski definition) is 1. The summed E-state index contributed by atoms with van der Waals surface area (Å²) in [5.74, 6) is 1.71. The second-order valence-electron chi connectivity index (χ2n) is 3.48. The Morgan fingerprint density at radius 2 is 2.40 bits per heavy atom. The number of nitrogens with one attached hydrogen (secondary N) is 1. The van der Waals surface area contributed by atoms with Gasteiger partial charge in [0.15, 0.2) is 0 Å². The van der Waals surface area contributed by atoms with Crippen LogP contribution in [0.15, 0.2) is 18.2 Å². The van der Waals surface area contributed by atoms with Crippen LogP contribution in [0.2, 0.25) is 0 Å². The number of halogens is 1. The number of hydrogen-bond acceptors (Lipinski definition) is 3. The van der Waals surface area contributed by atoms with Gasteiger partial charge in [-0.3, -0.25) is 0 Å². The highest BCUT2D eigenvalue weighted by Gasteiger charge is 2.17. The van der Waals surface area contributed by atoms with Crippen LogP contribution < -0.4 is 5.32 Å². The van der Waals surface area contributed by atoms with Crippen molar-refractivity contribution < 1.29 is 4.39 Å². The maximum absolute atomic E-state index is 13.3. The zero-order valence-corrected chi connectivity index (χ0v) is 8.98. The SMILES string of the molecule is N#Cc1c(F)cccc1NC1CCSC1. The molecule has 0 bridgehead atoms. The van der Waals surface area contributed by atoms with Crippen LogP contribution in [0.25, 0.3) is 0 Å². The molecule has 1 aliphatic rings. The normalized spacial score (nSPS) is 19.9. The summed E-state index contributed by atoms with van der Waals surface area (Å²) in [6, 6.07) is 6.95. The molecule has 0 spiro atoms. The van der Waals surface area contributed by atoms with Crippen LogP contribution in [-0.4, -0.2) is 17.5 Å². The van der Waals surface area contributed by atoms with Crippen LogP contribution in [0.1, 0.15) is 12.0 Å². The summed E-state index contributed by atoms with van der Waals surface area (Å²) >= 11 is 1.88. The maximum atomic E-state index is 13.3. The van der Waals surface area contributed by atoms with Crippen molar-refractivity contribution in [3.8, 4) is 6.07 Å². The Morgan fingerprint density at radius 1 is 1.53 bits per heavy atom. The van der Waals surface area contributed by atoms with Crippen LogP contribution in [-0.2, 0) is 0 Å². The zero-order chi connectivity index (χ0) is 10.7. The Kier molecular flexibility index (Phi) is 3.12. The summed E-state index contributed by atoms with van der Waals surface area (Å²) in [5.41, 5.74) is 0.736. The van der Waals surface area contributed by atoms with Crippen molar-refractivity contribution >= 4 is 17.4 Å². The molecule has 0 amide bonds. The number of thioether (sulfide) groups is 1. The minimum atomic E-state index is -0.451. The lowest BCUT2D eigenvalue weighted by Gasteiger charge is -2.14. The minimum absolute atomic E-state index is 0.120. The number of nitriles is 1. The van der Waals surface area contributed by atoms with Crippen LogP contribution in [0.4, 0.5) is 10.1 Å². The van der Waals surface area contributed by atoms with Crippen molar-refractivity contribution in [1.29, 1.82) is 5.26 Å². The standard InChI is InChI=1S/C11H11FN2S/c12-10-2-1-3-11(9(10)6-13)14-8-4-5-15-7-8/h1-3,8,14H,4-5,7H2. The molecule has 1 N–H and O–H groups in total. The molecule has 1 atom stereocenters. The second kappa shape index (κ2) is 4.54. The summed E-state index contributed by atoms with van der Waals surface area (Å²) in [6.07, 6.45) is 1.08. The molecule has 4 heteroatoms. The fourth-order valence-electron chi connectivity index (χ4n) is 1.63. The van der Waals surface area contributed by atoms with E-state index in [1.807, 2.05) is 17.8 Å². The molecule has 1 fully saturated rings. The highest BCUT2D eigenvalue weighted by atomic mass is 32.2. The molecule has 2 rings (SSSR count). The van der Waals surface area contributed by atoms with E-state index in [-0.39, 0.29) is 5.56 Å². The molecule has 1 aromatic carbocycles. The van der Waals surface area contributed by atoms with Gasteiger partial charge in [-0.25, -0.2) is 4.39 Å². The molecule has 15 heavy (non-hydrogen) atoms. The average molecular weight is 222 g/mol. The predicted molar refractivity (Wildman–Crippen MR) is 60.5 cm³/mol. The maximum Gasteiger partial charge on any atom is 0.143 e. The Bertz CT molecular complexity index is 394. The fraction of sp³-hybridized carbons (Fsp3) is 0.364. The first-order chi connectivity index (χ1) is 7.31. The molecule has 1 aliphatic heterocycles. The van der Waals surface area contributed by atoms with Gasteiger partial charge < -0.3 is 5.32 Å². The van der Waals surface area contributed by atoms with Crippen LogP contribution in [0.3, 0.4) is 0 Å². The summed E-state index contributed by atoms with van der Waals surface area (Å²) in [7, 11) is 0. The van der Waals surface area contributed by atoms with Crippen molar-refractivity contribution in [3.05, 3.63) is 29.6 Å². The Morgan fingerprint density at radius 3 is 3.07 bits per heavy atom. The second-order valence-corrected chi connectivity index (χ2v) is 4.63. The van der Waals surface area contributed by atoms with Crippen molar-refractivity contribution in [2.45, 2.75) is 12.5 Å². The van der Waals surface area contributed by atoms with Gasteiger partial charge in [0.1, 0.15) is 17.4 Å². The number of anilines is 1. The van der Waals surface area contributed by atoms with Gasteiger partial charge in [0.25, 0.3) is 0 Å². The van der Waals surface area contributed by atoms with E-state index in [4.69, 9.17) is 5.26 Å². The molecule has 0 aromatic heterocycles. The van der Waals surface area contributed by atoms with Crippen molar-refractivity contribution in [1.82, 2.24) is 0 Å². The summed E-state index contributed by atoms with van der Waals surface area (Å²) < 4.78 is 13.3. The van der Waals surface area contributed by atoms with E-state index in [1.165, 1.54) is 6.07 Å². The van der Waals surface area contributed by atoms with E-state index in [9.17, 15) is 4.39 Å². The lowest BCUT2D eigenvalue weighted by atomic mass is 10.1. The van der Waals surface area contributed by atoms with Crippen molar-refractivity contribution in [2.75, 3.05) is 16.8 Å². The fourth-order valence-corrected chi connectivity index (χ4v) is 2.78. The molecule has 1 saturated heterocycles. The van der Waals surface area contributed by atoms with Gasteiger partial charge in [0, 0.05) is 11.8 Å². The van der Waals surface area contributed by atoms with Gasteiger partial charge in [-0.05, 0) is 24.3 Å². The lowest BCUT2D eigenvalue weighted by Crippen LogP contribution is -2.19. The molecular formula is C11H11FN2S. The van der Waals surface area contributed by atoms with Gasteiger partial charge in [0.05, 0.1) is 5.69 Å². The monoisotopic (exact) mass is 222 g/mol. The Hall–Kier alpha value is -1.21. The third-order valence-electron chi connectivity index (χ3n) is 2.41. The van der Waals surface area contributed by atoms with Crippen LogP contribution >= 0.6 is 11.8 Å². The molecule has 2 nitrogen and oxygen atoms in total. The van der Waals surface area contributed by atoms with Crippen molar-refractivity contribution in [2.24, 2.45) is 0 Å². The first-order valence-electron chi connectivity index (χ1n) is 4.84. The van der Waals surface area contributed by atoms with Gasteiger partial charge in [-0.1, -0.05) is 6.07 Å². The summed E-state index contributed by atoms with van der Waals surface area (Å²) in [4.78, 5) is 0. The van der Waals surface area contributed by atoms with E-state index in [2.05, 4.69) is 5.32 Å². The predicted octanol–water partition coefficient (Wildman–Crippen LogP) is 2.61. The largest absolute Gasteiger partial charge is 0.380 e. The molecule has 1 aromatic rings. The highest BCUT2D eigenvalue weighted by molar-refractivity contribution is 7.99. The Labute approximate surface area is 92.5 Å². The lowest BCUT2D eigenvalue weighted by molar-refractivity contribution is 0.624. The first kappa shape index (κ1) is 10.3. The smallest absolute Gasteiger partial charge is 0.143 e. The van der Waals surface area contributed by atoms with E-state index < -0.39 is 5.82 Å². The molecule has 0 radical (unpaired) electrons. The molecule has 1 heterocycles. The molecule has 78 valence electrons. The molecule has 0 aliphatic carbocycles. The van der Waals surface area contributed by atoms with Gasteiger partial charge >= 0.3 is 0 Å². The minimum Gasteiger partial charge on any atom is -0.380 e. The zero-order valence-electron chi connectivity index (χ0n) is 8.16. The Balaban J connectivity index is 2.20. The van der Waals surface area contributed by atoms with E-state index >= 15 is 0 Å². The van der Waals surface area contributed by atoms with Crippen LogP contribution in [0, 0.1) is 17.1 Å². The van der Waals surface area contributed by atoms with E-state index in [1.54, 1.807) is 12.1 Å². The topological polar surface area (TPSA) is 35.8 Å². The number of benzene rings is 1. The molecular weight excluding hydrogens is 211 g/mol. The third-order valence-corrected chi connectivity index (χ3v) is 3.58. The first-order valence-corrected chi connectivity index (χ1v) is 5.99. The van der Waals surface area contributed by atoms with Gasteiger partial charge in [-0.2, -0.15) is 17.0 Å². The van der Waals surface area contributed by atoms with Gasteiger partial charge in [-0.15, -0.1) is 0 Å². The van der Waals surface area contributed by atoms with Gasteiger partial charge in [0.2, 0.25) is 0 Å². The van der Waals surface area contributed by atoms with E-state index in [0.29, 0.717) is 11.7 Å². The average Bonchev–Trinajstić information content (AvgIpc) is 2.71. The summed E-state index contributed by atoms with van der Waals surface area (Å²) in [6.45, 7) is 0. The number of rotatable bonds is 2. The highest BCUT2D eigenvalue weighted by Crippen LogP contribution is 2.24. The van der Waals surface area contributed by atoms with Crippen LogP contribution in [0.5, 0.6) is 0 Å². The molecule has 1 unspecified atom stereocenters.